The Balaban J connectivity index is 1.58. The van der Waals surface area contributed by atoms with Gasteiger partial charge in [0.1, 0.15) is 12.6 Å². The number of sulfonamides is 1. The van der Waals surface area contributed by atoms with E-state index < -0.39 is 28.5 Å². The Kier molecular flexibility index (Phi) is 11.4. The Morgan fingerprint density at radius 3 is 2.15 bits per heavy atom. The highest BCUT2D eigenvalue weighted by Gasteiger charge is 2.36. The molecule has 0 spiro atoms. The number of amides is 2. The van der Waals surface area contributed by atoms with Crippen LogP contribution in [-0.2, 0) is 39.0 Å². The van der Waals surface area contributed by atoms with Gasteiger partial charge in [-0.15, -0.1) is 0 Å². The molecule has 1 unspecified atom stereocenters. The maximum atomic E-state index is 14.7. The average molecular weight is 672 g/mol. The molecule has 1 fully saturated rings. The minimum absolute atomic E-state index is 0.0445. The summed E-state index contributed by atoms with van der Waals surface area (Å²) in [4.78, 5) is 30.5. The van der Waals surface area contributed by atoms with E-state index in [9.17, 15) is 18.0 Å². The molecule has 2 amide bonds. The quantitative estimate of drug-likeness (QED) is 0.164. The highest BCUT2D eigenvalue weighted by atomic mass is 35.5. The molecule has 1 saturated carbocycles. The Morgan fingerprint density at radius 2 is 1.49 bits per heavy atom. The van der Waals surface area contributed by atoms with E-state index in [4.69, 9.17) is 11.6 Å². The molecular weight excluding hydrogens is 630 g/mol. The van der Waals surface area contributed by atoms with Gasteiger partial charge in [0.25, 0.3) is 10.0 Å². The Hall–Kier alpha value is -4.14. The predicted molar refractivity (Wildman–Crippen MR) is 188 cm³/mol. The van der Waals surface area contributed by atoms with E-state index in [1.54, 1.807) is 48.5 Å². The summed E-state index contributed by atoms with van der Waals surface area (Å²) in [5.74, 6) is -0.728. The van der Waals surface area contributed by atoms with Crippen LogP contribution in [0.5, 0.6) is 0 Å². The lowest BCUT2D eigenvalue weighted by atomic mass is 10.0. The van der Waals surface area contributed by atoms with Gasteiger partial charge in [0.15, 0.2) is 0 Å². The van der Waals surface area contributed by atoms with E-state index in [1.807, 2.05) is 68.4 Å². The number of hydrogen-bond acceptors (Lipinski definition) is 4. The van der Waals surface area contributed by atoms with E-state index in [0.717, 1.165) is 47.9 Å². The van der Waals surface area contributed by atoms with E-state index in [2.05, 4.69) is 5.32 Å². The molecule has 0 radical (unpaired) electrons. The van der Waals surface area contributed by atoms with Gasteiger partial charge in [-0.05, 0) is 73.2 Å². The first-order chi connectivity index (χ1) is 22.7. The lowest BCUT2D eigenvalue weighted by molar-refractivity contribution is -0.140. The first-order valence-corrected chi connectivity index (χ1v) is 18.0. The van der Waals surface area contributed by atoms with Crippen molar-refractivity contribution in [1.82, 2.24) is 10.2 Å². The summed E-state index contributed by atoms with van der Waals surface area (Å²) in [6, 6.07) is 29.8. The van der Waals surface area contributed by atoms with Crippen molar-refractivity contribution in [2.75, 3.05) is 10.8 Å². The van der Waals surface area contributed by atoms with E-state index in [0.29, 0.717) is 17.1 Å². The summed E-state index contributed by atoms with van der Waals surface area (Å²) in [5, 5.41) is 3.76. The normalized spacial score (nSPS) is 14.0. The number of nitrogens with zero attached hydrogens (tertiary/aromatic N) is 2. The predicted octanol–water partition coefficient (Wildman–Crippen LogP) is 7.11. The summed E-state index contributed by atoms with van der Waals surface area (Å²) in [7, 11) is -4.17. The molecule has 1 aliphatic carbocycles. The van der Waals surface area contributed by atoms with Gasteiger partial charge in [0, 0.05) is 24.0 Å². The van der Waals surface area contributed by atoms with Crippen molar-refractivity contribution in [3.05, 3.63) is 130 Å². The topological polar surface area (TPSA) is 86.8 Å². The second-order valence-corrected chi connectivity index (χ2v) is 14.4. The standard InChI is InChI=1S/C38H42ClN3O4S/c1-3-31-13-7-10-16-35(31)42(47(45,46)34-23-17-28(2)18-24-34)27-37(43)41(26-30-19-21-32(39)22-20-30)36(25-29-11-5-4-6-12-29)38(44)40-33-14-8-9-15-33/h4-7,10-13,16-24,33,36H,3,8-9,14-15,25-27H2,1-2H3,(H,40,44). The molecule has 7 nitrogen and oxygen atoms in total. The van der Waals surface area contributed by atoms with E-state index in [1.165, 1.54) is 9.21 Å². The number of carbonyl (C=O) groups excluding carboxylic acids is 2. The van der Waals surface area contributed by atoms with Crippen LogP contribution >= 0.6 is 11.6 Å². The van der Waals surface area contributed by atoms with Gasteiger partial charge < -0.3 is 10.2 Å². The third-order valence-electron chi connectivity index (χ3n) is 8.77. The Labute approximate surface area is 283 Å². The first kappa shape index (κ1) is 34.2. The number of para-hydroxylation sites is 1. The van der Waals surface area contributed by atoms with Gasteiger partial charge in [-0.25, -0.2) is 8.42 Å². The summed E-state index contributed by atoms with van der Waals surface area (Å²) in [5.41, 5.74) is 3.82. The van der Waals surface area contributed by atoms with E-state index in [-0.39, 0.29) is 29.8 Å². The molecule has 0 saturated heterocycles. The molecule has 0 bridgehead atoms. The smallest absolute Gasteiger partial charge is 0.264 e. The fourth-order valence-corrected chi connectivity index (χ4v) is 7.69. The second-order valence-electron chi connectivity index (χ2n) is 12.2. The number of carbonyl (C=O) groups is 2. The third-order valence-corrected chi connectivity index (χ3v) is 10.8. The molecule has 0 aromatic heterocycles. The van der Waals surface area contributed by atoms with Crippen molar-refractivity contribution in [1.29, 1.82) is 0 Å². The molecule has 47 heavy (non-hydrogen) atoms. The van der Waals surface area contributed by atoms with Gasteiger partial charge in [-0.3, -0.25) is 13.9 Å². The minimum Gasteiger partial charge on any atom is -0.352 e. The summed E-state index contributed by atoms with van der Waals surface area (Å²) < 4.78 is 29.9. The number of anilines is 1. The molecule has 4 aromatic rings. The Morgan fingerprint density at radius 1 is 0.851 bits per heavy atom. The van der Waals surface area contributed by atoms with E-state index >= 15 is 0 Å². The number of halogens is 1. The molecule has 1 N–H and O–H groups in total. The zero-order chi connectivity index (χ0) is 33.4. The summed E-state index contributed by atoms with van der Waals surface area (Å²) in [6.45, 7) is 3.46. The fraction of sp³-hybridized carbons (Fsp3) is 0.316. The molecule has 9 heteroatoms. The van der Waals surface area contributed by atoms with Crippen LogP contribution in [0.25, 0.3) is 0 Å². The van der Waals surface area contributed by atoms with Crippen LogP contribution in [0, 0.1) is 6.92 Å². The van der Waals surface area contributed by atoms with Crippen molar-refractivity contribution >= 4 is 39.1 Å². The summed E-state index contributed by atoms with van der Waals surface area (Å²) in [6.07, 6.45) is 4.72. The SMILES string of the molecule is CCc1ccccc1N(CC(=O)N(Cc1ccc(Cl)cc1)C(Cc1ccccc1)C(=O)NC1CCCC1)S(=O)(=O)c1ccc(C)cc1. The maximum Gasteiger partial charge on any atom is 0.264 e. The lowest BCUT2D eigenvalue weighted by Crippen LogP contribution is -2.54. The minimum atomic E-state index is -4.17. The van der Waals surface area contributed by atoms with Crippen LogP contribution in [0.1, 0.15) is 54.9 Å². The van der Waals surface area contributed by atoms with Gasteiger partial charge in [0.2, 0.25) is 11.8 Å². The second kappa shape index (κ2) is 15.6. The number of rotatable bonds is 13. The van der Waals surface area contributed by atoms with Gasteiger partial charge in [-0.2, -0.15) is 0 Å². The molecule has 4 aromatic carbocycles. The van der Waals surface area contributed by atoms with Crippen LogP contribution in [0.15, 0.2) is 108 Å². The third kappa shape index (κ3) is 8.62. The van der Waals surface area contributed by atoms with Crippen molar-refractivity contribution < 1.29 is 18.0 Å². The number of benzene rings is 4. The van der Waals surface area contributed by atoms with Crippen LogP contribution in [0.3, 0.4) is 0 Å². The van der Waals surface area contributed by atoms with Crippen LogP contribution in [0.2, 0.25) is 5.02 Å². The van der Waals surface area contributed by atoms with Crippen LogP contribution < -0.4 is 9.62 Å². The number of aryl methyl sites for hydroxylation is 2. The Bertz CT molecular complexity index is 1760. The number of hydrogen-bond donors (Lipinski definition) is 1. The van der Waals surface area contributed by atoms with Crippen molar-refractivity contribution in [2.45, 2.75) is 75.9 Å². The van der Waals surface area contributed by atoms with Crippen molar-refractivity contribution in [2.24, 2.45) is 0 Å². The maximum absolute atomic E-state index is 14.7. The molecule has 1 aliphatic rings. The highest BCUT2D eigenvalue weighted by Crippen LogP contribution is 2.29. The molecule has 1 atom stereocenters. The number of nitrogens with one attached hydrogen (secondary N) is 1. The fourth-order valence-electron chi connectivity index (χ4n) is 6.11. The largest absolute Gasteiger partial charge is 0.352 e. The molecule has 0 heterocycles. The summed E-state index contributed by atoms with van der Waals surface area (Å²) >= 11 is 6.19. The molecule has 0 aliphatic heterocycles. The van der Waals surface area contributed by atoms with Crippen molar-refractivity contribution in [3.8, 4) is 0 Å². The highest BCUT2D eigenvalue weighted by molar-refractivity contribution is 7.92. The van der Waals surface area contributed by atoms with Gasteiger partial charge in [-0.1, -0.05) is 110 Å². The first-order valence-electron chi connectivity index (χ1n) is 16.2. The molecular formula is C38H42ClN3O4S. The van der Waals surface area contributed by atoms with Crippen LogP contribution in [-0.4, -0.2) is 43.8 Å². The zero-order valence-electron chi connectivity index (χ0n) is 26.9. The van der Waals surface area contributed by atoms with Gasteiger partial charge in [0.05, 0.1) is 10.6 Å². The average Bonchev–Trinajstić information content (AvgIpc) is 3.59. The van der Waals surface area contributed by atoms with Crippen LogP contribution in [0.4, 0.5) is 5.69 Å². The van der Waals surface area contributed by atoms with Crippen molar-refractivity contribution in [3.63, 3.8) is 0 Å². The monoisotopic (exact) mass is 671 g/mol. The molecule has 5 rings (SSSR count). The van der Waals surface area contributed by atoms with Gasteiger partial charge >= 0.3 is 0 Å². The zero-order valence-corrected chi connectivity index (χ0v) is 28.5. The molecule has 246 valence electrons. The lowest BCUT2D eigenvalue weighted by Gasteiger charge is -2.34.